The molecule has 1 saturated heterocycles. The summed E-state index contributed by atoms with van der Waals surface area (Å²) in [5.41, 5.74) is 2.52. The quantitative estimate of drug-likeness (QED) is 0.348. The topological polar surface area (TPSA) is 55.1 Å². The first kappa shape index (κ1) is 23.9. The number of fused-ring (bicyclic) bond motifs is 1. The molecule has 0 radical (unpaired) electrons. The molecule has 35 heavy (non-hydrogen) atoms. The van der Waals surface area contributed by atoms with Gasteiger partial charge in [0, 0.05) is 36.4 Å². The molecule has 0 bridgehead atoms. The van der Waals surface area contributed by atoms with Crippen LogP contribution in [-0.2, 0) is 13.6 Å². The van der Waals surface area contributed by atoms with Gasteiger partial charge in [-0.3, -0.25) is 9.69 Å². The molecule has 1 aliphatic heterocycles. The third-order valence-corrected chi connectivity index (χ3v) is 7.52. The largest absolute Gasteiger partial charge is 0.349 e. The zero-order chi connectivity index (χ0) is 24.4. The highest BCUT2D eigenvalue weighted by atomic mass is 35.5. The van der Waals surface area contributed by atoms with Crippen LogP contribution in [0.25, 0.3) is 10.9 Å². The number of imidazole rings is 1. The number of hydrogen-bond acceptors (Lipinski definition) is 3. The van der Waals surface area contributed by atoms with E-state index in [4.69, 9.17) is 23.2 Å². The van der Waals surface area contributed by atoms with Crippen molar-refractivity contribution in [2.45, 2.75) is 31.8 Å². The van der Waals surface area contributed by atoms with Crippen LogP contribution in [-0.4, -0.2) is 44.6 Å². The van der Waals surface area contributed by atoms with Gasteiger partial charge in [-0.2, -0.15) is 0 Å². The van der Waals surface area contributed by atoms with Crippen LogP contribution in [0, 0.1) is 0 Å². The van der Waals surface area contributed by atoms with E-state index < -0.39 is 0 Å². The van der Waals surface area contributed by atoms with Gasteiger partial charge in [0.25, 0.3) is 5.91 Å². The maximum atomic E-state index is 13.7. The number of aryl methyl sites for hydroxylation is 1. The first-order valence-electron chi connectivity index (χ1n) is 12.0. The summed E-state index contributed by atoms with van der Waals surface area (Å²) >= 11 is 12.9. The average molecular weight is 510 g/mol. The molecule has 6 nitrogen and oxygen atoms in total. The van der Waals surface area contributed by atoms with Gasteiger partial charge < -0.3 is 14.5 Å². The molecule has 2 aromatic carbocycles. The number of carbonyl (C=O) groups is 1. The zero-order valence-electron chi connectivity index (χ0n) is 19.8. The standard InChI is InChI=1S/C27H29Cl2N5O/c1-32-16-13-30-24(32)18-34-22-8-4-3-7-21(22)25(29)26(34)27(35)31-17-23(33-14-5-2-6-15-33)19-9-11-20(28)12-10-19/h3-4,7-13,16,23H,2,5-6,14-15,17-18H2,1H3,(H,31,35). The van der Waals surface area contributed by atoms with Crippen LogP contribution < -0.4 is 5.32 Å². The molecule has 3 heterocycles. The van der Waals surface area contributed by atoms with Gasteiger partial charge in [-0.25, -0.2) is 4.98 Å². The van der Waals surface area contributed by atoms with Crippen LogP contribution in [0.4, 0.5) is 0 Å². The molecule has 2 aromatic heterocycles. The van der Waals surface area contributed by atoms with Crippen molar-refractivity contribution >= 4 is 40.0 Å². The van der Waals surface area contributed by atoms with Crippen molar-refractivity contribution in [2.75, 3.05) is 19.6 Å². The maximum absolute atomic E-state index is 13.7. The van der Waals surface area contributed by atoms with Crippen LogP contribution in [0.5, 0.6) is 0 Å². The molecule has 1 fully saturated rings. The lowest BCUT2D eigenvalue weighted by atomic mass is 10.0. The Hall–Kier alpha value is -2.80. The summed E-state index contributed by atoms with van der Waals surface area (Å²) in [5, 5.41) is 5.23. The van der Waals surface area contributed by atoms with Crippen molar-refractivity contribution in [3.63, 3.8) is 0 Å². The van der Waals surface area contributed by atoms with E-state index in [0.29, 0.717) is 28.8 Å². The summed E-state index contributed by atoms with van der Waals surface area (Å²) < 4.78 is 3.92. The molecule has 5 rings (SSSR count). The fourth-order valence-corrected chi connectivity index (χ4v) is 5.46. The lowest BCUT2D eigenvalue weighted by Crippen LogP contribution is -2.41. The summed E-state index contributed by atoms with van der Waals surface area (Å²) in [5.74, 6) is 0.667. The molecular formula is C27H29Cl2N5O. The molecule has 1 unspecified atom stereocenters. The molecule has 1 amide bonds. The third-order valence-electron chi connectivity index (χ3n) is 6.89. The Balaban J connectivity index is 1.45. The summed E-state index contributed by atoms with van der Waals surface area (Å²) in [7, 11) is 1.95. The zero-order valence-corrected chi connectivity index (χ0v) is 21.3. The SMILES string of the molecule is Cn1ccnc1Cn1c(C(=O)NCC(c2ccc(Cl)cc2)N2CCCCC2)c(Cl)c2ccccc21. The second-order valence-corrected chi connectivity index (χ2v) is 9.91. The average Bonchev–Trinajstić information content (AvgIpc) is 3.41. The molecule has 1 N–H and O–H groups in total. The second-order valence-electron chi connectivity index (χ2n) is 9.09. The molecule has 1 aliphatic rings. The van der Waals surface area contributed by atoms with Crippen LogP contribution in [0.2, 0.25) is 10.0 Å². The van der Waals surface area contributed by atoms with Gasteiger partial charge in [-0.05, 0) is 49.7 Å². The number of rotatable bonds is 7. The van der Waals surface area contributed by atoms with E-state index in [1.165, 1.54) is 19.3 Å². The molecule has 1 atom stereocenters. The predicted molar refractivity (Wildman–Crippen MR) is 141 cm³/mol. The first-order valence-corrected chi connectivity index (χ1v) is 12.8. The van der Waals surface area contributed by atoms with Crippen molar-refractivity contribution in [2.24, 2.45) is 7.05 Å². The third kappa shape index (κ3) is 4.96. The Morgan fingerprint density at radius 2 is 1.80 bits per heavy atom. The van der Waals surface area contributed by atoms with Crippen LogP contribution >= 0.6 is 23.2 Å². The molecule has 4 aromatic rings. The number of hydrogen-bond donors (Lipinski definition) is 1. The Labute approximate surface area is 215 Å². The number of para-hydroxylation sites is 1. The predicted octanol–water partition coefficient (Wildman–Crippen LogP) is 5.69. The van der Waals surface area contributed by atoms with E-state index in [2.05, 4.69) is 27.3 Å². The van der Waals surface area contributed by atoms with Gasteiger partial charge in [0.2, 0.25) is 0 Å². The minimum Gasteiger partial charge on any atom is -0.349 e. The summed E-state index contributed by atoms with van der Waals surface area (Å²) in [4.78, 5) is 20.6. The highest BCUT2D eigenvalue weighted by molar-refractivity contribution is 6.38. The van der Waals surface area contributed by atoms with E-state index in [9.17, 15) is 4.79 Å². The first-order chi connectivity index (χ1) is 17.0. The Morgan fingerprint density at radius 3 is 2.51 bits per heavy atom. The maximum Gasteiger partial charge on any atom is 0.269 e. The fourth-order valence-electron chi connectivity index (χ4n) is 4.98. The van der Waals surface area contributed by atoms with E-state index in [1.807, 2.05) is 58.8 Å². The number of nitrogens with one attached hydrogen (secondary N) is 1. The minimum atomic E-state index is -0.184. The van der Waals surface area contributed by atoms with Gasteiger partial charge in [0.1, 0.15) is 11.5 Å². The summed E-state index contributed by atoms with van der Waals surface area (Å²) in [6, 6.07) is 15.9. The molecule has 0 spiro atoms. The number of aromatic nitrogens is 3. The van der Waals surface area contributed by atoms with Gasteiger partial charge in [-0.1, -0.05) is 60.0 Å². The number of halogens is 2. The van der Waals surface area contributed by atoms with Crippen molar-refractivity contribution in [3.8, 4) is 0 Å². The monoisotopic (exact) mass is 509 g/mol. The van der Waals surface area contributed by atoms with Crippen molar-refractivity contribution in [3.05, 3.63) is 88.1 Å². The van der Waals surface area contributed by atoms with Crippen molar-refractivity contribution < 1.29 is 4.79 Å². The minimum absolute atomic E-state index is 0.0719. The van der Waals surface area contributed by atoms with Crippen LogP contribution in [0.1, 0.15) is 47.2 Å². The lowest BCUT2D eigenvalue weighted by molar-refractivity contribution is 0.0916. The van der Waals surface area contributed by atoms with E-state index in [0.717, 1.165) is 35.4 Å². The summed E-state index contributed by atoms with van der Waals surface area (Å²) in [6.45, 7) is 2.97. The highest BCUT2D eigenvalue weighted by Crippen LogP contribution is 2.32. The number of benzene rings is 2. The van der Waals surface area contributed by atoms with Crippen molar-refractivity contribution in [1.82, 2.24) is 24.3 Å². The van der Waals surface area contributed by atoms with Gasteiger partial charge in [-0.15, -0.1) is 0 Å². The normalized spacial score (nSPS) is 15.4. The van der Waals surface area contributed by atoms with Gasteiger partial charge in [0.05, 0.1) is 23.1 Å². The molecule has 8 heteroatoms. The Bertz CT molecular complexity index is 1320. The van der Waals surface area contributed by atoms with E-state index in [-0.39, 0.29) is 11.9 Å². The number of amides is 1. The molecule has 182 valence electrons. The Kier molecular flexibility index (Phi) is 7.14. The van der Waals surface area contributed by atoms with E-state index >= 15 is 0 Å². The van der Waals surface area contributed by atoms with Gasteiger partial charge >= 0.3 is 0 Å². The highest BCUT2D eigenvalue weighted by Gasteiger charge is 2.26. The molecule has 0 saturated carbocycles. The smallest absolute Gasteiger partial charge is 0.269 e. The van der Waals surface area contributed by atoms with Crippen molar-refractivity contribution in [1.29, 1.82) is 0 Å². The summed E-state index contributed by atoms with van der Waals surface area (Å²) in [6.07, 6.45) is 7.25. The number of nitrogens with zero attached hydrogens (tertiary/aromatic N) is 4. The van der Waals surface area contributed by atoms with E-state index in [1.54, 1.807) is 6.20 Å². The molecule has 0 aliphatic carbocycles. The Morgan fingerprint density at radius 1 is 1.06 bits per heavy atom. The lowest BCUT2D eigenvalue weighted by Gasteiger charge is -2.35. The second kappa shape index (κ2) is 10.4. The fraction of sp³-hybridized carbons (Fsp3) is 0.333. The number of carbonyl (C=O) groups excluding carboxylic acids is 1. The van der Waals surface area contributed by atoms with Gasteiger partial charge in [0.15, 0.2) is 0 Å². The number of piperidine rings is 1. The van der Waals surface area contributed by atoms with Crippen LogP contribution in [0.3, 0.4) is 0 Å². The molecular weight excluding hydrogens is 481 g/mol. The number of likely N-dealkylation sites (tertiary alicyclic amines) is 1. The van der Waals surface area contributed by atoms with Crippen LogP contribution in [0.15, 0.2) is 60.9 Å².